The number of aromatic nitrogens is 3. The van der Waals surface area contributed by atoms with Crippen LogP contribution >= 0.6 is 0 Å². The lowest BCUT2D eigenvalue weighted by Gasteiger charge is -2.19. The van der Waals surface area contributed by atoms with E-state index in [1.807, 2.05) is 0 Å². The molecule has 1 aliphatic rings. The number of hydrazine groups is 1. The minimum atomic E-state index is 0.374. The third kappa shape index (κ3) is 4.40. The smallest absolute Gasteiger partial charge is 0.243 e. The van der Waals surface area contributed by atoms with E-state index in [4.69, 9.17) is 10.6 Å². The Labute approximate surface area is 125 Å². The van der Waals surface area contributed by atoms with Gasteiger partial charge >= 0.3 is 0 Å². The fourth-order valence-corrected chi connectivity index (χ4v) is 2.36. The molecule has 2 rings (SSSR count). The van der Waals surface area contributed by atoms with E-state index in [1.165, 1.54) is 0 Å². The Morgan fingerprint density at radius 2 is 2.00 bits per heavy atom. The van der Waals surface area contributed by atoms with Gasteiger partial charge in [0.1, 0.15) is 0 Å². The predicted molar refractivity (Wildman–Crippen MR) is 83.2 cm³/mol. The summed E-state index contributed by atoms with van der Waals surface area (Å²) < 4.78 is 5.37. The molecule has 0 saturated carbocycles. The van der Waals surface area contributed by atoms with Gasteiger partial charge in [-0.25, -0.2) is 5.84 Å². The van der Waals surface area contributed by atoms with Crippen molar-refractivity contribution < 1.29 is 4.74 Å². The maximum absolute atomic E-state index is 5.43. The van der Waals surface area contributed by atoms with Gasteiger partial charge in [0.2, 0.25) is 17.8 Å². The molecule has 1 unspecified atom stereocenters. The molecule has 1 fully saturated rings. The van der Waals surface area contributed by atoms with Gasteiger partial charge in [0.15, 0.2) is 0 Å². The zero-order chi connectivity index (χ0) is 15.1. The van der Waals surface area contributed by atoms with Crippen molar-refractivity contribution >= 4 is 17.8 Å². The molecule has 1 saturated heterocycles. The number of hydrogen-bond donors (Lipinski definition) is 3. The highest BCUT2D eigenvalue weighted by Crippen LogP contribution is 2.17. The van der Waals surface area contributed by atoms with Crippen LogP contribution in [0.5, 0.6) is 0 Å². The lowest BCUT2D eigenvalue weighted by Crippen LogP contribution is -2.26. The van der Waals surface area contributed by atoms with E-state index in [0.717, 1.165) is 45.7 Å². The molecule has 8 nitrogen and oxygen atoms in total. The molecule has 0 spiro atoms. The molecule has 1 aliphatic heterocycles. The Morgan fingerprint density at radius 1 is 1.24 bits per heavy atom. The molecule has 0 aromatic carbocycles. The molecule has 1 atom stereocenters. The highest BCUT2D eigenvalue weighted by molar-refractivity contribution is 5.43. The third-order valence-electron chi connectivity index (χ3n) is 3.66. The molecular formula is C13H25N7O. The molecule has 8 heteroatoms. The van der Waals surface area contributed by atoms with Crippen LogP contribution in [0.1, 0.15) is 26.7 Å². The van der Waals surface area contributed by atoms with Gasteiger partial charge in [-0.3, -0.25) is 5.43 Å². The predicted octanol–water partition coefficient (Wildman–Crippen LogP) is 0.842. The van der Waals surface area contributed by atoms with Gasteiger partial charge in [-0.1, -0.05) is 0 Å². The Kier molecular flexibility index (Phi) is 5.94. The summed E-state index contributed by atoms with van der Waals surface area (Å²) >= 11 is 0. The first-order valence-electron chi connectivity index (χ1n) is 7.56. The van der Waals surface area contributed by atoms with Gasteiger partial charge in [-0.05, 0) is 32.6 Å². The molecule has 0 aliphatic carbocycles. The second kappa shape index (κ2) is 7.94. The van der Waals surface area contributed by atoms with Gasteiger partial charge in [0, 0.05) is 32.8 Å². The average Bonchev–Trinajstić information content (AvgIpc) is 3.01. The lowest BCUT2D eigenvalue weighted by atomic mass is 10.1. The van der Waals surface area contributed by atoms with Gasteiger partial charge in [-0.15, -0.1) is 0 Å². The maximum atomic E-state index is 5.43. The second-order valence-electron chi connectivity index (χ2n) is 5.04. The summed E-state index contributed by atoms with van der Waals surface area (Å²) in [6.45, 7) is 8.36. The molecular weight excluding hydrogens is 270 g/mol. The zero-order valence-electron chi connectivity index (χ0n) is 12.8. The monoisotopic (exact) mass is 295 g/mol. The standard InChI is InChI=1S/C13H25N7O/c1-3-20(4-2)13-17-11(16-12(18-13)19-14)15-7-5-10-6-8-21-9-10/h10H,3-9,14H2,1-2H3,(H2,15,16,17,18,19). The summed E-state index contributed by atoms with van der Waals surface area (Å²) in [7, 11) is 0. The molecule has 0 amide bonds. The van der Waals surface area contributed by atoms with Crippen LogP contribution in [-0.4, -0.2) is 47.8 Å². The molecule has 2 heterocycles. The van der Waals surface area contributed by atoms with E-state index in [2.05, 4.69) is 44.4 Å². The molecule has 4 N–H and O–H groups in total. The summed E-state index contributed by atoms with van der Waals surface area (Å²) in [6.07, 6.45) is 2.19. The highest BCUT2D eigenvalue weighted by atomic mass is 16.5. The Morgan fingerprint density at radius 3 is 2.62 bits per heavy atom. The lowest BCUT2D eigenvalue weighted by molar-refractivity contribution is 0.185. The summed E-state index contributed by atoms with van der Waals surface area (Å²) in [6, 6.07) is 0. The van der Waals surface area contributed by atoms with Crippen LogP contribution in [-0.2, 0) is 4.74 Å². The first-order valence-corrected chi connectivity index (χ1v) is 7.56. The quantitative estimate of drug-likeness (QED) is 0.479. The van der Waals surface area contributed by atoms with Gasteiger partial charge in [-0.2, -0.15) is 15.0 Å². The van der Waals surface area contributed by atoms with Crippen molar-refractivity contribution in [2.24, 2.45) is 11.8 Å². The first kappa shape index (κ1) is 15.7. The topological polar surface area (TPSA) is 101 Å². The van der Waals surface area contributed by atoms with Crippen LogP contribution in [0.15, 0.2) is 0 Å². The third-order valence-corrected chi connectivity index (χ3v) is 3.66. The average molecular weight is 295 g/mol. The number of nitrogens with one attached hydrogen (secondary N) is 2. The minimum absolute atomic E-state index is 0.374. The van der Waals surface area contributed by atoms with E-state index < -0.39 is 0 Å². The van der Waals surface area contributed by atoms with E-state index in [1.54, 1.807) is 0 Å². The largest absolute Gasteiger partial charge is 0.381 e. The van der Waals surface area contributed by atoms with Crippen LogP contribution in [0.2, 0.25) is 0 Å². The first-order chi connectivity index (χ1) is 10.3. The van der Waals surface area contributed by atoms with Crippen LogP contribution < -0.4 is 21.5 Å². The van der Waals surface area contributed by atoms with E-state index in [-0.39, 0.29) is 0 Å². The molecule has 0 radical (unpaired) electrons. The van der Waals surface area contributed by atoms with Crippen LogP contribution in [0.4, 0.5) is 17.8 Å². The number of hydrogen-bond acceptors (Lipinski definition) is 8. The summed E-state index contributed by atoms with van der Waals surface area (Å²) in [5, 5.41) is 3.25. The van der Waals surface area contributed by atoms with Crippen LogP contribution in [0.25, 0.3) is 0 Å². The Bertz CT molecular complexity index is 433. The number of ether oxygens (including phenoxy) is 1. The Hall–Kier alpha value is -1.67. The fraction of sp³-hybridized carbons (Fsp3) is 0.769. The number of nitrogen functional groups attached to an aromatic ring is 1. The van der Waals surface area contributed by atoms with Crippen molar-refractivity contribution in [3.63, 3.8) is 0 Å². The van der Waals surface area contributed by atoms with Gasteiger partial charge in [0.05, 0.1) is 0 Å². The normalized spacial score (nSPS) is 17.8. The number of anilines is 3. The molecule has 1 aromatic heterocycles. The second-order valence-corrected chi connectivity index (χ2v) is 5.04. The highest BCUT2D eigenvalue weighted by Gasteiger charge is 2.15. The summed E-state index contributed by atoms with van der Waals surface area (Å²) in [5.41, 5.74) is 2.49. The van der Waals surface area contributed by atoms with Crippen molar-refractivity contribution in [1.29, 1.82) is 0 Å². The minimum Gasteiger partial charge on any atom is -0.381 e. The molecule has 21 heavy (non-hydrogen) atoms. The molecule has 118 valence electrons. The number of rotatable bonds is 8. The molecule has 0 bridgehead atoms. The van der Waals surface area contributed by atoms with Crippen LogP contribution in [0, 0.1) is 5.92 Å². The number of nitrogens with zero attached hydrogens (tertiary/aromatic N) is 4. The van der Waals surface area contributed by atoms with Gasteiger partial charge < -0.3 is 15.0 Å². The van der Waals surface area contributed by atoms with E-state index >= 15 is 0 Å². The van der Waals surface area contributed by atoms with Crippen molar-refractivity contribution in [1.82, 2.24) is 15.0 Å². The van der Waals surface area contributed by atoms with E-state index in [9.17, 15) is 0 Å². The SMILES string of the molecule is CCN(CC)c1nc(NN)nc(NCCC2CCOC2)n1. The van der Waals surface area contributed by atoms with Gasteiger partial charge in [0.25, 0.3) is 0 Å². The fourth-order valence-electron chi connectivity index (χ4n) is 2.36. The summed E-state index contributed by atoms with van der Waals surface area (Å²) in [4.78, 5) is 15.0. The summed E-state index contributed by atoms with van der Waals surface area (Å²) in [5.74, 6) is 7.63. The van der Waals surface area contributed by atoms with Crippen LogP contribution in [0.3, 0.4) is 0 Å². The number of nitrogens with two attached hydrogens (primary N) is 1. The molecule has 1 aromatic rings. The van der Waals surface area contributed by atoms with Crippen molar-refractivity contribution in [2.75, 3.05) is 48.5 Å². The zero-order valence-corrected chi connectivity index (χ0v) is 12.8. The van der Waals surface area contributed by atoms with E-state index in [0.29, 0.717) is 23.8 Å². The van der Waals surface area contributed by atoms with Crippen molar-refractivity contribution in [3.05, 3.63) is 0 Å². The Balaban J connectivity index is 1.98. The maximum Gasteiger partial charge on any atom is 0.243 e. The van der Waals surface area contributed by atoms with Crippen molar-refractivity contribution in [3.8, 4) is 0 Å². The van der Waals surface area contributed by atoms with Crippen molar-refractivity contribution in [2.45, 2.75) is 26.7 Å².